The van der Waals surface area contributed by atoms with E-state index in [1.165, 1.54) is 6.92 Å². The van der Waals surface area contributed by atoms with Gasteiger partial charge in [0.1, 0.15) is 5.75 Å². The van der Waals surface area contributed by atoms with E-state index in [2.05, 4.69) is 5.32 Å². The minimum atomic E-state index is -0.344. The minimum Gasteiger partial charge on any atom is -0.497 e. The molecule has 0 spiro atoms. The van der Waals surface area contributed by atoms with Crippen molar-refractivity contribution in [3.8, 4) is 5.75 Å². The molecule has 3 N–H and O–H groups in total. The van der Waals surface area contributed by atoms with E-state index >= 15 is 0 Å². The molecular weight excluding hydrogens is 306 g/mol. The molecule has 132 valence electrons. The lowest BCUT2D eigenvalue weighted by Crippen LogP contribution is -2.49. The van der Waals surface area contributed by atoms with Crippen molar-refractivity contribution in [3.63, 3.8) is 0 Å². The van der Waals surface area contributed by atoms with Gasteiger partial charge in [0.2, 0.25) is 11.8 Å². The van der Waals surface area contributed by atoms with Crippen LogP contribution in [0, 0.1) is 0 Å². The summed E-state index contributed by atoms with van der Waals surface area (Å²) in [5.74, 6) is 0.631. The lowest BCUT2D eigenvalue weighted by molar-refractivity contribution is -0.135. The Morgan fingerprint density at radius 2 is 2.04 bits per heavy atom. The van der Waals surface area contributed by atoms with Gasteiger partial charge in [0.25, 0.3) is 0 Å². The Morgan fingerprint density at radius 3 is 2.58 bits per heavy atom. The topological polar surface area (TPSA) is 84.7 Å². The fourth-order valence-corrected chi connectivity index (χ4v) is 3.20. The van der Waals surface area contributed by atoms with Crippen LogP contribution in [0.4, 0.5) is 0 Å². The minimum absolute atomic E-state index is 0.0453. The first-order valence-corrected chi connectivity index (χ1v) is 8.36. The van der Waals surface area contributed by atoms with Crippen molar-refractivity contribution in [1.82, 2.24) is 10.2 Å². The molecule has 1 aliphatic rings. The Labute approximate surface area is 143 Å². The molecule has 2 rings (SSSR count). The monoisotopic (exact) mass is 333 g/mol. The van der Waals surface area contributed by atoms with E-state index in [1.807, 2.05) is 36.1 Å². The molecule has 0 aromatic heterocycles. The summed E-state index contributed by atoms with van der Waals surface area (Å²) in [6.45, 7) is 4.16. The molecule has 3 atom stereocenters. The summed E-state index contributed by atoms with van der Waals surface area (Å²) >= 11 is 0. The van der Waals surface area contributed by atoms with Crippen molar-refractivity contribution in [3.05, 3.63) is 29.8 Å². The molecule has 3 unspecified atom stereocenters. The summed E-state index contributed by atoms with van der Waals surface area (Å²) < 4.78 is 5.16. The summed E-state index contributed by atoms with van der Waals surface area (Å²) in [6, 6.07) is 7.37. The molecule has 1 aliphatic heterocycles. The molecule has 0 aliphatic carbocycles. The number of nitrogens with zero attached hydrogens (tertiary/aromatic N) is 1. The zero-order valence-electron chi connectivity index (χ0n) is 14.6. The average molecular weight is 333 g/mol. The molecule has 6 nitrogen and oxygen atoms in total. The number of likely N-dealkylation sites (tertiary alicyclic amines) is 1. The summed E-state index contributed by atoms with van der Waals surface area (Å²) in [6.07, 6.45) is 1.88. The van der Waals surface area contributed by atoms with Gasteiger partial charge in [0.15, 0.2) is 0 Å². The zero-order valence-corrected chi connectivity index (χ0v) is 14.6. The highest BCUT2D eigenvalue weighted by atomic mass is 16.5. The highest BCUT2D eigenvalue weighted by Gasteiger charge is 2.29. The maximum Gasteiger partial charge on any atom is 0.225 e. The van der Waals surface area contributed by atoms with E-state index < -0.39 is 0 Å². The number of hydrogen-bond donors (Lipinski definition) is 2. The summed E-state index contributed by atoms with van der Waals surface area (Å²) in [5, 5.41) is 2.88. The highest BCUT2D eigenvalue weighted by Crippen LogP contribution is 2.24. The molecule has 24 heavy (non-hydrogen) atoms. The molecule has 1 saturated heterocycles. The predicted molar refractivity (Wildman–Crippen MR) is 92.6 cm³/mol. The van der Waals surface area contributed by atoms with Crippen LogP contribution in [0.2, 0.25) is 0 Å². The normalized spacial score (nSPS) is 21.9. The maximum atomic E-state index is 12.7. The van der Waals surface area contributed by atoms with E-state index in [0.717, 1.165) is 24.2 Å². The van der Waals surface area contributed by atoms with Crippen LogP contribution in [0.3, 0.4) is 0 Å². The smallest absolute Gasteiger partial charge is 0.225 e. The molecule has 1 fully saturated rings. The van der Waals surface area contributed by atoms with Crippen LogP contribution in [0.5, 0.6) is 5.75 Å². The average Bonchev–Trinajstić information content (AvgIpc) is 2.53. The van der Waals surface area contributed by atoms with Crippen LogP contribution < -0.4 is 15.8 Å². The van der Waals surface area contributed by atoms with Crippen molar-refractivity contribution >= 4 is 11.8 Å². The number of piperidine rings is 1. The van der Waals surface area contributed by atoms with Crippen LogP contribution in [0.1, 0.15) is 44.7 Å². The van der Waals surface area contributed by atoms with Gasteiger partial charge in [-0.2, -0.15) is 0 Å². The standard InChI is InChI=1S/C18H27N3O3/c1-12-10-15(19)8-9-21(12)18(23)11-17(20-13(2)22)14-4-6-16(24-3)7-5-14/h4-7,12,15,17H,8-11,19H2,1-3H3,(H,20,22). The Morgan fingerprint density at radius 1 is 1.38 bits per heavy atom. The van der Waals surface area contributed by atoms with Crippen molar-refractivity contribution in [2.24, 2.45) is 5.73 Å². The van der Waals surface area contributed by atoms with Gasteiger partial charge in [0, 0.05) is 25.6 Å². The van der Waals surface area contributed by atoms with Crippen LogP contribution in [0.25, 0.3) is 0 Å². The van der Waals surface area contributed by atoms with Gasteiger partial charge >= 0.3 is 0 Å². The third kappa shape index (κ3) is 4.71. The van der Waals surface area contributed by atoms with E-state index in [1.54, 1.807) is 7.11 Å². The van der Waals surface area contributed by atoms with Crippen LogP contribution in [0.15, 0.2) is 24.3 Å². The van der Waals surface area contributed by atoms with Crippen molar-refractivity contribution in [2.75, 3.05) is 13.7 Å². The Kier molecular flexibility index (Phi) is 6.20. The second-order valence-corrected chi connectivity index (χ2v) is 6.45. The van der Waals surface area contributed by atoms with Crippen molar-refractivity contribution < 1.29 is 14.3 Å². The molecule has 0 saturated carbocycles. The van der Waals surface area contributed by atoms with Gasteiger partial charge < -0.3 is 20.7 Å². The lowest BCUT2D eigenvalue weighted by atomic mass is 9.97. The summed E-state index contributed by atoms with van der Waals surface area (Å²) in [4.78, 5) is 26.1. The first-order chi connectivity index (χ1) is 11.4. The first kappa shape index (κ1) is 18.3. The second-order valence-electron chi connectivity index (χ2n) is 6.45. The van der Waals surface area contributed by atoms with Gasteiger partial charge in [-0.1, -0.05) is 12.1 Å². The highest BCUT2D eigenvalue weighted by molar-refractivity contribution is 5.79. The molecule has 0 bridgehead atoms. The third-order valence-electron chi connectivity index (χ3n) is 4.51. The van der Waals surface area contributed by atoms with E-state index in [4.69, 9.17) is 10.5 Å². The zero-order chi connectivity index (χ0) is 17.7. The van der Waals surface area contributed by atoms with Gasteiger partial charge in [-0.25, -0.2) is 0 Å². The number of rotatable bonds is 5. The van der Waals surface area contributed by atoms with Crippen LogP contribution in [-0.4, -0.2) is 42.5 Å². The number of amides is 2. The fraction of sp³-hybridized carbons (Fsp3) is 0.556. The van der Waals surface area contributed by atoms with Gasteiger partial charge in [-0.15, -0.1) is 0 Å². The van der Waals surface area contributed by atoms with E-state index in [-0.39, 0.29) is 36.4 Å². The number of nitrogens with two attached hydrogens (primary N) is 1. The Hall–Kier alpha value is -2.08. The predicted octanol–water partition coefficient (Wildman–Crippen LogP) is 1.60. The number of benzene rings is 1. The van der Waals surface area contributed by atoms with Gasteiger partial charge in [-0.05, 0) is 37.5 Å². The number of carbonyl (C=O) groups excluding carboxylic acids is 2. The van der Waals surface area contributed by atoms with Crippen LogP contribution >= 0.6 is 0 Å². The third-order valence-corrected chi connectivity index (χ3v) is 4.51. The van der Waals surface area contributed by atoms with Crippen molar-refractivity contribution in [1.29, 1.82) is 0 Å². The first-order valence-electron chi connectivity index (χ1n) is 8.36. The number of hydrogen-bond acceptors (Lipinski definition) is 4. The molecule has 6 heteroatoms. The molecule has 2 amide bonds. The number of ether oxygens (including phenoxy) is 1. The summed E-state index contributed by atoms with van der Waals surface area (Å²) in [5.41, 5.74) is 6.86. The largest absolute Gasteiger partial charge is 0.497 e. The van der Waals surface area contributed by atoms with E-state index in [0.29, 0.717) is 6.54 Å². The van der Waals surface area contributed by atoms with Crippen LogP contribution in [-0.2, 0) is 9.59 Å². The quantitative estimate of drug-likeness (QED) is 0.857. The molecule has 0 radical (unpaired) electrons. The maximum absolute atomic E-state index is 12.7. The number of nitrogens with one attached hydrogen (secondary N) is 1. The molecular formula is C18H27N3O3. The fourth-order valence-electron chi connectivity index (χ4n) is 3.20. The van der Waals surface area contributed by atoms with Crippen molar-refractivity contribution in [2.45, 2.75) is 51.2 Å². The number of methoxy groups -OCH3 is 1. The Balaban J connectivity index is 2.10. The second kappa shape index (κ2) is 8.15. The Bertz CT molecular complexity index is 573. The van der Waals surface area contributed by atoms with Gasteiger partial charge in [-0.3, -0.25) is 9.59 Å². The SMILES string of the molecule is COc1ccc(C(CC(=O)N2CCC(N)CC2C)NC(C)=O)cc1. The number of carbonyl (C=O) groups is 2. The summed E-state index contributed by atoms with van der Waals surface area (Å²) in [7, 11) is 1.60. The van der Waals surface area contributed by atoms with E-state index in [9.17, 15) is 9.59 Å². The molecule has 1 aromatic rings. The van der Waals surface area contributed by atoms with Gasteiger partial charge in [0.05, 0.1) is 19.6 Å². The molecule has 1 heterocycles. The lowest BCUT2D eigenvalue weighted by Gasteiger charge is -2.37. The molecule has 1 aromatic carbocycles.